The number of anilines is 1. The second-order valence-electron chi connectivity index (χ2n) is 7.07. The monoisotopic (exact) mass is 384 g/mol. The van der Waals surface area contributed by atoms with Gasteiger partial charge in [0.2, 0.25) is 5.75 Å². The predicted molar refractivity (Wildman–Crippen MR) is 113 cm³/mol. The standard InChI is InChI=1S/C22H28N2O4/c1-14(2)7-6-8-15(3)11-12-27-21-20(28-16(4)25)18-10-9-17(23)13-19(18)24(5)22(21)26/h7,9-11,13H,6,8,12,23H2,1-5H3. The quantitative estimate of drug-likeness (QED) is 0.441. The van der Waals surface area contributed by atoms with E-state index in [1.54, 1.807) is 25.2 Å². The first-order chi connectivity index (χ1) is 13.2. The second-order valence-corrected chi connectivity index (χ2v) is 7.07. The summed E-state index contributed by atoms with van der Waals surface area (Å²) < 4.78 is 12.5. The average Bonchev–Trinajstić information content (AvgIpc) is 2.61. The van der Waals surface area contributed by atoms with E-state index >= 15 is 0 Å². The number of nitrogens with two attached hydrogens (primary N) is 1. The molecule has 2 N–H and O–H groups in total. The summed E-state index contributed by atoms with van der Waals surface area (Å²) in [6.07, 6.45) is 5.99. The highest BCUT2D eigenvalue weighted by molar-refractivity contribution is 5.92. The molecule has 150 valence electrons. The van der Waals surface area contributed by atoms with Gasteiger partial charge in [0.25, 0.3) is 5.56 Å². The molecule has 0 aliphatic rings. The van der Waals surface area contributed by atoms with E-state index in [-0.39, 0.29) is 23.7 Å². The summed E-state index contributed by atoms with van der Waals surface area (Å²) in [7, 11) is 1.63. The molecule has 0 fully saturated rings. The Morgan fingerprint density at radius 1 is 1.14 bits per heavy atom. The minimum atomic E-state index is -0.523. The number of carbonyl (C=O) groups excluding carboxylic acids is 1. The fourth-order valence-electron chi connectivity index (χ4n) is 2.83. The lowest BCUT2D eigenvalue weighted by Crippen LogP contribution is -2.22. The molecule has 0 bridgehead atoms. The van der Waals surface area contributed by atoms with Crippen molar-refractivity contribution in [2.45, 2.75) is 40.5 Å². The van der Waals surface area contributed by atoms with Crippen LogP contribution in [0.15, 0.2) is 46.3 Å². The number of allylic oxidation sites excluding steroid dienone is 3. The van der Waals surface area contributed by atoms with Gasteiger partial charge in [-0.05, 0) is 57.9 Å². The van der Waals surface area contributed by atoms with Crippen molar-refractivity contribution in [3.8, 4) is 11.5 Å². The molecule has 0 atom stereocenters. The number of aromatic nitrogens is 1. The fourth-order valence-corrected chi connectivity index (χ4v) is 2.83. The largest absolute Gasteiger partial charge is 0.481 e. The molecular weight excluding hydrogens is 356 g/mol. The van der Waals surface area contributed by atoms with Crippen LogP contribution >= 0.6 is 0 Å². The number of fused-ring (bicyclic) bond motifs is 1. The topological polar surface area (TPSA) is 83.5 Å². The molecule has 0 aliphatic carbocycles. The van der Waals surface area contributed by atoms with E-state index in [1.807, 2.05) is 13.0 Å². The van der Waals surface area contributed by atoms with Crippen LogP contribution in [-0.2, 0) is 11.8 Å². The van der Waals surface area contributed by atoms with E-state index in [4.69, 9.17) is 15.2 Å². The van der Waals surface area contributed by atoms with Crippen molar-refractivity contribution in [3.63, 3.8) is 0 Å². The Morgan fingerprint density at radius 2 is 1.86 bits per heavy atom. The molecule has 0 spiro atoms. The highest BCUT2D eigenvalue weighted by Gasteiger charge is 2.19. The van der Waals surface area contributed by atoms with Crippen LogP contribution in [0.2, 0.25) is 0 Å². The first kappa shape index (κ1) is 21.3. The van der Waals surface area contributed by atoms with Gasteiger partial charge < -0.3 is 19.8 Å². The molecular formula is C22H28N2O4. The molecule has 0 aliphatic heterocycles. The summed E-state index contributed by atoms with van der Waals surface area (Å²) in [5.41, 5.74) is 8.99. The number of nitrogen functional groups attached to an aromatic ring is 1. The maximum absolute atomic E-state index is 12.8. The van der Waals surface area contributed by atoms with Crippen LogP contribution in [0.1, 0.15) is 40.5 Å². The van der Waals surface area contributed by atoms with Gasteiger partial charge in [-0.2, -0.15) is 0 Å². The summed E-state index contributed by atoms with van der Waals surface area (Å²) in [4.78, 5) is 24.4. The van der Waals surface area contributed by atoms with Gasteiger partial charge in [0.1, 0.15) is 6.61 Å². The Labute approximate surface area is 165 Å². The van der Waals surface area contributed by atoms with Gasteiger partial charge in [0.05, 0.1) is 5.52 Å². The lowest BCUT2D eigenvalue weighted by molar-refractivity contribution is -0.131. The highest BCUT2D eigenvalue weighted by Crippen LogP contribution is 2.33. The number of hydrogen-bond donors (Lipinski definition) is 1. The molecule has 0 saturated carbocycles. The van der Waals surface area contributed by atoms with Crippen molar-refractivity contribution in [1.82, 2.24) is 4.57 Å². The molecule has 1 aromatic carbocycles. The fraction of sp³-hybridized carbons (Fsp3) is 0.364. The van der Waals surface area contributed by atoms with Crippen LogP contribution in [0, 0.1) is 0 Å². The number of benzene rings is 1. The zero-order valence-corrected chi connectivity index (χ0v) is 17.2. The van der Waals surface area contributed by atoms with Crippen molar-refractivity contribution >= 4 is 22.6 Å². The first-order valence-corrected chi connectivity index (χ1v) is 9.23. The van der Waals surface area contributed by atoms with Crippen LogP contribution in [0.25, 0.3) is 10.9 Å². The van der Waals surface area contributed by atoms with Crippen molar-refractivity contribution in [2.24, 2.45) is 7.05 Å². The van der Waals surface area contributed by atoms with Crippen molar-refractivity contribution in [1.29, 1.82) is 0 Å². The van der Waals surface area contributed by atoms with Crippen LogP contribution in [0.5, 0.6) is 11.5 Å². The molecule has 1 heterocycles. The lowest BCUT2D eigenvalue weighted by Gasteiger charge is -2.15. The minimum absolute atomic E-state index is 0.0170. The second kappa shape index (κ2) is 9.26. The number of nitrogens with zero attached hydrogens (tertiary/aromatic N) is 1. The van der Waals surface area contributed by atoms with E-state index in [0.29, 0.717) is 16.6 Å². The first-order valence-electron chi connectivity index (χ1n) is 9.23. The van der Waals surface area contributed by atoms with Gasteiger partial charge in [-0.1, -0.05) is 17.2 Å². The highest BCUT2D eigenvalue weighted by atomic mass is 16.6. The third-order valence-corrected chi connectivity index (χ3v) is 4.33. The number of hydrogen-bond acceptors (Lipinski definition) is 5. The zero-order chi connectivity index (χ0) is 20.8. The summed E-state index contributed by atoms with van der Waals surface area (Å²) in [5, 5.41) is 0.589. The summed E-state index contributed by atoms with van der Waals surface area (Å²) >= 11 is 0. The van der Waals surface area contributed by atoms with Crippen molar-refractivity contribution in [2.75, 3.05) is 12.3 Å². The molecule has 0 saturated heterocycles. The normalized spacial score (nSPS) is 11.4. The van der Waals surface area contributed by atoms with Gasteiger partial charge in [-0.25, -0.2) is 0 Å². The van der Waals surface area contributed by atoms with Crippen LogP contribution in [0.4, 0.5) is 5.69 Å². The molecule has 6 heteroatoms. The smallest absolute Gasteiger partial charge is 0.308 e. The molecule has 2 aromatic rings. The van der Waals surface area contributed by atoms with E-state index in [0.717, 1.165) is 18.4 Å². The number of pyridine rings is 1. The van der Waals surface area contributed by atoms with Gasteiger partial charge in [0.15, 0.2) is 5.75 Å². The SMILES string of the molecule is CC(=O)Oc1c(OCC=C(C)CCC=C(C)C)c(=O)n(C)c2cc(N)ccc12. The minimum Gasteiger partial charge on any atom is -0.481 e. The number of esters is 1. The van der Waals surface area contributed by atoms with E-state index < -0.39 is 5.97 Å². The molecule has 28 heavy (non-hydrogen) atoms. The lowest BCUT2D eigenvalue weighted by atomic mass is 10.1. The Bertz CT molecular complexity index is 996. The predicted octanol–water partition coefficient (Wildman–Crippen LogP) is 4.12. The van der Waals surface area contributed by atoms with Crippen molar-refractivity contribution in [3.05, 3.63) is 51.9 Å². The summed E-state index contributed by atoms with van der Waals surface area (Å²) in [6, 6.07) is 5.08. The Balaban J connectivity index is 2.36. The van der Waals surface area contributed by atoms with Gasteiger partial charge in [0, 0.05) is 25.0 Å². The maximum Gasteiger partial charge on any atom is 0.308 e. The maximum atomic E-state index is 12.8. The number of ether oxygens (including phenoxy) is 2. The molecule has 0 radical (unpaired) electrons. The Morgan fingerprint density at radius 3 is 2.50 bits per heavy atom. The van der Waals surface area contributed by atoms with Crippen LogP contribution in [0.3, 0.4) is 0 Å². The molecule has 2 rings (SSSR count). The van der Waals surface area contributed by atoms with Gasteiger partial charge in [-0.15, -0.1) is 0 Å². The van der Waals surface area contributed by atoms with E-state index in [9.17, 15) is 9.59 Å². The third kappa shape index (κ3) is 5.25. The number of carbonyl (C=O) groups is 1. The summed E-state index contributed by atoms with van der Waals surface area (Å²) in [6.45, 7) is 7.67. The van der Waals surface area contributed by atoms with E-state index in [2.05, 4.69) is 19.9 Å². The van der Waals surface area contributed by atoms with Gasteiger partial charge >= 0.3 is 5.97 Å². The Hall–Kier alpha value is -3.02. The number of rotatable bonds is 7. The molecule has 6 nitrogen and oxygen atoms in total. The van der Waals surface area contributed by atoms with E-state index in [1.165, 1.54) is 17.1 Å². The van der Waals surface area contributed by atoms with Crippen molar-refractivity contribution < 1.29 is 14.3 Å². The summed E-state index contributed by atoms with van der Waals surface area (Å²) in [5.74, 6) is -0.380. The zero-order valence-electron chi connectivity index (χ0n) is 17.2. The van der Waals surface area contributed by atoms with Gasteiger partial charge in [-0.3, -0.25) is 9.59 Å². The molecule has 0 unspecified atom stereocenters. The Kier molecular flexibility index (Phi) is 7.04. The van der Waals surface area contributed by atoms with Crippen LogP contribution in [-0.4, -0.2) is 17.1 Å². The third-order valence-electron chi connectivity index (χ3n) is 4.33. The number of aryl methyl sites for hydroxylation is 1. The van der Waals surface area contributed by atoms with Crippen LogP contribution < -0.4 is 20.8 Å². The molecule has 0 amide bonds. The average molecular weight is 384 g/mol. The molecule has 1 aromatic heterocycles.